The van der Waals surface area contributed by atoms with Crippen molar-refractivity contribution in [2.45, 2.75) is 13.8 Å². The molecule has 3 rings (SSSR count). The van der Waals surface area contributed by atoms with Crippen molar-refractivity contribution in [3.63, 3.8) is 0 Å². The van der Waals surface area contributed by atoms with Crippen molar-refractivity contribution < 1.29 is 14.7 Å². The number of carboxylic acid groups (broad SMARTS) is 1. The molecule has 0 unspecified atom stereocenters. The van der Waals surface area contributed by atoms with Crippen LogP contribution in [0.25, 0.3) is 11.0 Å². The summed E-state index contributed by atoms with van der Waals surface area (Å²) >= 11 is 0. The number of para-hydroxylation sites is 2. The van der Waals surface area contributed by atoms with Crippen LogP contribution in [0.5, 0.6) is 0 Å². The monoisotopic (exact) mass is 336 g/mol. The fraction of sp³-hybridized carbons (Fsp3) is 0.111. The van der Waals surface area contributed by atoms with Gasteiger partial charge in [0, 0.05) is 0 Å². The zero-order valence-corrected chi connectivity index (χ0v) is 13.7. The second-order valence-electron chi connectivity index (χ2n) is 5.69. The first-order valence-corrected chi connectivity index (χ1v) is 7.55. The normalized spacial score (nSPS) is 10.6. The van der Waals surface area contributed by atoms with Gasteiger partial charge < -0.3 is 16.2 Å². The van der Waals surface area contributed by atoms with Crippen molar-refractivity contribution in [1.29, 1.82) is 0 Å². The van der Waals surface area contributed by atoms with Crippen LogP contribution in [0.2, 0.25) is 0 Å². The number of rotatable bonds is 3. The van der Waals surface area contributed by atoms with Crippen molar-refractivity contribution in [2.24, 2.45) is 0 Å². The van der Waals surface area contributed by atoms with Crippen molar-refractivity contribution >= 4 is 34.3 Å². The summed E-state index contributed by atoms with van der Waals surface area (Å²) in [6.45, 7) is 3.81. The molecule has 7 nitrogen and oxygen atoms in total. The predicted octanol–water partition coefficient (Wildman–Crippen LogP) is 2.78. The van der Waals surface area contributed by atoms with E-state index in [1.807, 2.05) is 13.8 Å². The maximum absolute atomic E-state index is 12.6. The summed E-state index contributed by atoms with van der Waals surface area (Å²) in [6, 6.07) is 10.2. The van der Waals surface area contributed by atoms with Crippen molar-refractivity contribution in [2.75, 3.05) is 11.1 Å². The lowest BCUT2D eigenvalue weighted by Gasteiger charge is -2.10. The molecule has 1 amide bonds. The molecular formula is C18H16N4O3. The molecule has 25 heavy (non-hydrogen) atoms. The zero-order chi connectivity index (χ0) is 18.1. The number of hydrogen-bond acceptors (Lipinski definition) is 5. The minimum atomic E-state index is -1.32. The molecule has 1 heterocycles. The molecule has 0 saturated carbocycles. The van der Waals surface area contributed by atoms with Gasteiger partial charge in [-0.3, -0.25) is 4.79 Å². The maximum atomic E-state index is 12.6. The Kier molecular flexibility index (Phi) is 4.06. The number of nitrogens with one attached hydrogen (secondary N) is 1. The molecule has 0 saturated heterocycles. The van der Waals surface area contributed by atoms with Gasteiger partial charge in [-0.15, -0.1) is 0 Å². The first-order valence-electron chi connectivity index (χ1n) is 7.55. The lowest BCUT2D eigenvalue weighted by molar-refractivity contribution is 0.0685. The van der Waals surface area contributed by atoms with Gasteiger partial charge in [0.15, 0.2) is 11.4 Å². The zero-order valence-electron chi connectivity index (χ0n) is 13.7. The van der Waals surface area contributed by atoms with E-state index in [0.29, 0.717) is 22.4 Å². The number of fused-ring (bicyclic) bond motifs is 1. The molecule has 1 aromatic heterocycles. The lowest BCUT2D eigenvalue weighted by atomic mass is 10.1. The minimum Gasteiger partial charge on any atom is -0.476 e. The number of anilines is 2. The summed E-state index contributed by atoms with van der Waals surface area (Å²) in [5.74, 6) is -2.00. The Balaban J connectivity index is 2.11. The maximum Gasteiger partial charge on any atom is 0.357 e. The van der Waals surface area contributed by atoms with Crippen molar-refractivity contribution in [3.05, 3.63) is 58.9 Å². The number of carboxylic acids is 1. The largest absolute Gasteiger partial charge is 0.476 e. The van der Waals surface area contributed by atoms with E-state index >= 15 is 0 Å². The van der Waals surface area contributed by atoms with Gasteiger partial charge >= 0.3 is 5.97 Å². The quantitative estimate of drug-likeness (QED) is 0.633. The van der Waals surface area contributed by atoms with Gasteiger partial charge in [0.05, 0.1) is 22.4 Å². The van der Waals surface area contributed by atoms with Gasteiger partial charge in [-0.05, 0) is 49.2 Å². The number of nitrogen functional groups attached to an aromatic ring is 1. The fourth-order valence-electron chi connectivity index (χ4n) is 2.41. The van der Waals surface area contributed by atoms with Gasteiger partial charge in [-0.25, -0.2) is 14.8 Å². The van der Waals surface area contributed by atoms with Gasteiger partial charge in [-0.1, -0.05) is 12.1 Å². The number of benzene rings is 2. The van der Waals surface area contributed by atoms with Crippen LogP contribution in [0.15, 0.2) is 36.4 Å². The van der Waals surface area contributed by atoms with E-state index in [9.17, 15) is 14.7 Å². The highest BCUT2D eigenvalue weighted by Crippen LogP contribution is 2.21. The Morgan fingerprint density at radius 2 is 1.56 bits per heavy atom. The summed E-state index contributed by atoms with van der Waals surface area (Å²) in [5.41, 5.74) is 8.72. The van der Waals surface area contributed by atoms with E-state index in [1.54, 1.807) is 36.4 Å². The standard InChI is InChI=1S/C18H16N4O3/c1-9-7-13-14(8-10(9)2)21-16(18(24)25)15(20-13)17(23)22-12-6-4-3-5-11(12)19/h3-8H,19H2,1-2H3,(H,22,23)(H,24,25). The number of amides is 1. The molecule has 0 aliphatic carbocycles. The Labute approximate surface area is 143 Å². The number of carbonyl (C=O) groups excluding carboxylic acids is 1. The summed E-state index contributed by atoms with van der Waals surface area (Å²) in [4.78, 5) is 32.4. The molecule has 126 valence electrons. The van der Waals surface area contributed by atoms with Gasteiger partial charge in [0.25, 0.3) is 5.91 Å². The van der Waals surface area contributed by atoms with E-state index in [0.717, 1.165) is 11.1 Å². The van der Waals surface area contributed by atoms with E-state index in [4.69, 9.17) is 5.73 Å². The summed E-state index contributed by atoms with van der Waals surface area (Å²) < 4.78 is 0. The van der Waals surface area contributed by atoms with Crippen LogP contribution in [0.3, 0.4) is 0 Å². The molecule has 2 aromatic carbocycles. The average Bonchev–Trinajstić information content (AvgIpc) is 2.57. The summed E-state index contributed by atoms with van der Waals surface area (Å²) in [5, 5.41) is 12.0. The van der Waals surface area contributed by atoms with Crippen LogP contribution >= 0.6 is 0 Å². The Bertz CT molecular complexity index is 1010. The van der Waals surface area contributed by atoms with Crippen LogP contribution in [0.1, 0.15) is 32.1 Å². The van der Waals surface area contributed by atoms with Crippen molar-refractivity contribution in [1.82, 2.24) is 9.97 Å². The first kappa shape index (κ1) is 16.4. The number of aromatic nitrogens is 2. The van der Waals surface area contributed by atoms with Gasteiger partial charge in [-0.2, -0.15) is 0 Å². The number of carbonyl (C=O) groups is 2. The number of aryl methyl sites for hydroxylation is 2. The van der Waals surface area contributed by atoms with E-state index in [2.05, 4.69) is 15.3 Å². The van der Waals surface area contributed by atoms with Crippen LogP contribution in [0, 0.1) is 13.8 Å². The SMILES string of the molecule is Cc1cc2nc(C(=O)O)c(C(=O)Nc3ccccc3N)nc2cc1C. The minimum absolute atomic E-state index is 0.258. The second-order valence-corrected chi connectivity index (χ2v) is 5.69. The molecule has 0 aliphatic rings. The second kappa shape index (κ2) is 6.20. The predicted molar refractivity (Wildman–Crippen MR) is 94.8 cm³/mol. The smallest absolute Gasteiger partial charge is 0.357 e. The molecule has 0 radical (unpaired) electrons. The van der Waals surface area contributed by atoms with Crippen LogP contribution < -0.4 is 11.1 Å². The molecule has 7 heteroatoms. The number of nitrogens with two attached hydrogens (primary N) is 1. The van der Waals surface area contributed by atoms with E-state index in [1.165, 1.54) is 0 Å². The molecule has 3 aromatic rings. The number of nitrogens with zero attached hydrogens (tertiary/aromatic N) is 2. The fourth-order valence-corrected chi connectivity index (χ4v) is 2.41. The van der Waals surface area contributed by atoms with Crippen LogP contribution in [0.4, 0.5) is 11.4 Å². The number of hydrogen-bond donors (Lipinski definition) is 3. The molecule has 0 fully saturated rings. The van der Waals surface area contributed by atoms with Crippen molar-refractivity contribution in [3.8, 4) is 0 Å². The summed E-state index contributed by atoms with van der Waals surface area (Å²) in [7, 11) is 0. The third kappa shape index (κ3) is 3.12. The first-order chi connectivity index (χ1) is 11.9. The molecule has 0 aliphatic heterocycles. The van der Waals surface area contributed by atoms with Gasteiger partial charge in [0.2, 0.25) is 0 Å². The third-order valence-corrected chi connectivity index (χ3v) is 3.91. The lowest BCUT2D eigenvalue weighted by Crippen LogP contribution is -2.20. The van der Waals surface area contributed by atoms with E-state index in [-0.39, 0.29) is 5.69 Å². The molecule has 0 atom stereocenters. The highest BCUT2D eigenvalue weighted by molar-refractivity contribution is 6.10. The molecule has 0 spiro atoms. The Morgan fingerprint density at radius 1 is 1.00 bits per heavy atom. The highest BCUT2D eigenvalue weighted by atomic mass is 16.4. The Morgan fingerprint density at radius 3 is 2.12 bits per heavy atom. The molecule has 0 bridgehead atoms. The van der Waals surface area contributed by atoms with Crippen LogP contribution in [-0.2, 0) is 0 Å². The van der Waals surface area contributed by atoms with E-state index < -0.39 is 17.6 Å². The molecule has 4 N–H and O–H groups in total. The summed E-state index contributed by atoms with van der Waals surface area (Å²) in [6.07, 6.45) is 0. The van der Waals surface area contributed by atoms with Crippen LogP contribution in [-0.4, -0.2) is 27.0 Å². The Hall–Kier alpha value is -3.48. The van der Waals surface area contributed by atoms with Gasteiger partial charge in [0.1, 0.15) is 0 Å². The third-order valence-electron chi connectivity index (χ3n) is 3.91. The molecular weight excluding hydrogens is 320 g/mol. The topological polar surface area (TPSA) is 118 Å². The number of aromatic carboxylic acids is 1. The highest BCUT2D eigenvalue weighted by Gasteiger charge is 2.22. The average molecular weight is 336 g/mol.